The van der Waals surface area contributed by atoms with Crippen LogP contribution < -0.4 is 0 Å². The molecule has 0 saturated carbocycles. The lowest BCUT2D eigenvalue weighted by Gasteiger charge is -2.39. The van der Waals surface area contributed by atoms with Gasteiger partial charge >= 0.3 is 12.3 Å². The van der Waals surface area contributed by atoms with Gasteiger partial charge in [-0.15, -0.1) is 0 Å². The van der Waals surface area contributed by atoms with Crippen LogP contribution in [0, 0.1) is 11.7 Å². The molecule has 0 aliphatic carbocycles. The molecular formula is C17H21F4NO2. The van der Waals surface area contributed by atoms with Crippen molar-refractivity contribution in [2.24, 2.45) is 5.92 Å². The van der Waals surface area contributed by atoms with Crippen LogP contribution in [-0.4, -0.2) is 29.7 Å². The third-order valence-electron chi connectivity index (χ3n) is 3.81. The molecule has 0 spiro atoms. The van der Waals surface area contributed by atoms with Crippen LogP contribution in [0.1, 0.15) is 38.3 Å². The number of nitrogens with zero attached hydrogens (tertiary/aromatic N) is 1. The van der Waals surface area contributed by atoms with E-state index in [1.165, 1.54) is 6.07 Å². The minimum absolute atomic E-state index is 0.208. The lowest BCUT2D eigenvalue weighted by Crippen LogP contribution is -2.51. The average Bonchev–Trinajstić information content (AvgIpc) is 2.35. The van der Waals surface area contributed by atoms with Gasteiger partial charge < -0.3 is 9.64 Å². The van der Waals surface area contributed by atoms with E-state index < -0.39 is 23.2 Å². The van der Waals surface area contributed by atoms with Crippen molar-refractivity contribution in [3.63, 3.8) is 0 Å². The van der Waals surface area contributed by atoms with Gasteiger partial charge in [-0.3, -0.25) is 0 Å². The molecule has 0 bridgehead atoms. The van der Waals surface area contributed by atoms with Crippen molar-refractivity contribution in [1.29, 1.82) is 0 Å². The molecule has 0 atom stereocenters. The van der Waals surface area contributed by atoms with Gasteiger partial charge in [0, 0.05) is 13.1 Å². The van der Waals surface area contributed by atoms with Crippen LogP contribution in [0.15, 0.2) is 18.2 Å². The van der Waals surface area contributed by atoms with E-state index in [1.54, 1.807) is 25.7 Å². The summed E-state index contributed by atoms with van der Waals surface area (Å²) in [7, 11) is 0. The standard InChI is InChI=1S/C17H21F4NO2/c1-16(2,3)24-15(23)22-9-11(10-22)4-5-12-6-7-13(8-14(12)18)17(19,20)21/h6-8,11H,4-5,9-10H2,1-3H3. The van der Waals surface area contributed by atoms with E-state index in [0.717, 1.165) is 6.07 Å². The fraction of sp³-hybridized carbons (Fsp3) is 0.588. The zero-order valence-electron chi connectivity index (χ0n) is 13.9. The van der Waals surface area contributed by atoms with Gasteiger partial charge in [0.1, 0.15) is 11.4 Å². The molecule has 1 saturated heterocycles. The number of carbonyl (C=O) groups is 1. The number of hydrogen-bond donors (Lipinski definition) is 0. The molecule has 0 aromatic heterocycles. The summed E-state index contributed by atoms with van der Waals surface area (Å²) in [6.07, 6.45) is -3.96. The summed E-state index contributed by atoms with van der Waals surface area (Å²) in [4.78, 5) is 13.4. The SMILES string of the molecule is CC(C)(C)OC(=O)N1CC(CCc2ccc(C(F)(F)F)cc2F)C1. The highest BCUT2D eigenvalue weighted by molar-refractivity contribution is 5.69. The van der Waals surface area contributed by atoms with Gasteiger partial charge in [-0.05, 0) is 57.2 Å². The molecule has 1 aromatic carbocycles. The predicted octanol–water partition coefficient (Wildman–Crippen LogP) is 4.64. The van der Waals surface area contributed by atoms with Gasteiger partial charge in [0.2, 0.25) is 0 Å². The number of amides is 1. The Kier molecular flexibility index (Phi) is 5.11. The largest absolute Gasteiger partial charge is 0.444 e. The number of halogens is 4. The first kappa shape index (κ1) is 18.5. The number of alkyl halides is 3. The smallest absolute Gasteiger partial charge is 0.416 e. The van der Waals surface area contributed by atoms with E-state index in [0.29, 0.717) is 32.0 Å². The zero-order chi connectivity index (χ0) is 18.1. The second-order valence-electron chi connectivity index (χ2n) is 7.09. The first-order valence-corrected chi connectivity index (χ1v) is 7.79. The molecule has 0 radical (unpaired) electrons. The summed E-state index contributed by atoms with van der Waals surface area (Å²) in [6, 6.07) is 2.61. The Morgan fingerprint density at radius 1 is 1.25 bits per heavy atom. The van der Waals surface area contributed by atoms with Gasteiger partial charge in [-0.2, -0.15) is 13.2 Å². The summed E-state index contributed by atoms with van der Waals surface area (Å²) in [5.74, 6) is -0.632. The highest BCUT2D eigenvalue weighted by atomic mass is 19.4. The maximum Gasteiger partial charge on any atom is 0.416 e. The van der Waals surface area contributed by atoms with E-state index in [9.17, 15) is 22.4 Å². The summed E-state index contributed by atoms with van der Waals surface area (Å²) >= 11 is 0. The van der Waals surface area contributed by atoms with Crippen molar-refractivity contribution in [2.45, 2.75) is 45.4 Å². The van der Waals surface area contributed by atoms with Gasteiger partial charge in [-0.25, -0.2) is 9.18 Å². The topological polar surface area (TPSA) is 29.5 Å². The monoisotopic (exact) mass is 347 g/mol. The fourth-order valence-electron chi connectivity index (χ4n) is 2.51. The molecule has 2 rings (SSSR count). The Labute approximate surface area is 138 Å². The quantitative estimate of drug-likeness (QED) is 0.745. The van der Waals surface area contributed by atoms with Crippen LogP contribution in [0.3, 0.4) is 0 Å². The van der Waals surface area contributed by atoms with Crippen molar-refractivity contribution in [3.05, 3.63) is 35.1 Å². The fourth-order valence-corrected chi connectivity index (χ4v) is 2.51. The lowest BCUT2D eigenvalue weighted by molar-refractivity contribution is -0.137. The second-order valence-corrected chi connectivity index (χ2v) is 7.09. The Balaban J connectivity index is 1.81. The summed E-state index contributed by atoms with van der Waals surface area (Å²) < 4.78 is 56.5. The van der Waals surface area contributed by atoms with Gasteiger partial charge in [-0.1, -0.05) is 6.07 Å². The highest BCUT2D eigenvalue weighted by Crippen LogP contribution is 2.31. The van der Waals surface area contributed by atoms with Crippen molar-refractivity contribution in [2.75, 3.05) is 13.1 Å². The molecule has 1 amide bonds. The van der Waals surface area contributed by atoms with E-state index in [-0.39, 0.29) is 17.6 Å². The Morgan fingerprint density at radius 2 is 1.88 bits per heavy atom. The molecule has 0 unspecified atom stereocenters. The molecule has 1 aromatic rings. The molecule has 1 heterocycles. The maximum absolute atomic E-state index is 13.8. The number of benzene rings is 1. The molecule has 1 fully saturated rings. The van der Waals surface area contributed by atoms with Gasteiger partial charge in [0.25, 0.3) is 0 Å². The Bertz CT molecular complexity index is 602. The van der Waals surface area contributed by atoms with Gasteiger partial charge in [0.05, 0.1) is 5.56 Å². The van der Waals surface area contributed by atoms with E-state index in [1.807, 2.05) is 0 Å². The van der Waals surface area contributed by atoms with E-state index in [2.05, 4.69) is 0 Å². The number of ether oxygens (including phenoxy) is 1. The summed E-state index contributed by atoms with van der Waals surface area (Å²) in [5.41, 5.74) is -1.27. The number of rotatable bonds is 3. The third kappa shape index (κ3) is 4.85. The van der Waals surface area contributed by atoms with Crippen LogP contribution in [0.25, 0.3) is 0 Å². The first-order valence-electron chi connectivity index (χ1n) is 7.79. The van der Waals surface area contributed by atoms with Crippen molar-refractivity contribution in [3.8, 4) is 0 Å². The Morgan fingerprint density at radius 3 is 2.38 bits per heavy atom. The maximum atomic E-state index is 13.8. The number of hydrogen-bond acceptors (Lipinski definition) is 2. The number of aryl methyl sites for hydroxylation is 1. The van der Waals surface area contributed by atoms with Crippen LogP contribution in [0.5, 0.6) is 0 Å². The molecule has 1 aliphatic rings. The third-order valence-corrected chi connectivity index (χ3v) is 3.81. The van der Waals surface area contributed by atoms with Crippen LogP contribution >= 0.6 is 0 Å². The minimum atomic E-state index is -4.54. The average molecular weight is 347 g/mol. The highest BCUT2D eigenvalue weighted by Gasteiger charge is 2.34. The number of carbonyl (C=O) groups excluding carboxylic acids is 1. The molecule has 0 N–H and O–H groups in total. The van der Waals surface area contributed by atoms with Crippen molar-refractivity contribution in [1.82, 2.24) is 4.90 Å². The van der Waals surface area contributed by atoms with Crippen molar-refractivity contribution >= 4 is 6.09 Å². The second kappa shape index (κ2) is 6.61. The van der Waals surface area contributed by atoms with Gasteiger partial charge in [0.15, 0.2) is 0 Å². The molecule has 1 aliphatic heterocycles. The molecular weight excluding hydrogens is 326 g/mol. The van der Waals surface area contributed by atoms with Crippen LogP contribution in [0.2, 0.25) is 0 Å². The molecule has 3 nitrogen and oxygen atoms in total. The predicted molar refractivity (Wildman–Crippen MR) is 81.0 cm³/mol. The molecule has 7 heteroatoms. The number of likely N-dealkylation sites (tertiary alicyclic amines) is 1. The molecule has 24 heavy (non-hydrogen) atoms. The zero-order valence-corrected chi connectivity index (χ0v) is 13.9. The Hall–Kier alpha value is -1.79. The normalized spacial score (nSPS) is 16.0. The van der Waals surface area contributed by atoms with Crippen LogP contribution in [-0.2, 0) is 17.3 Å². The van der Waals surface area contributed by atoms with Crippen molar-refractivity contribution < 1.29 is 27.1 Å². The summed E-state index contributed by atoms with van der Waals surface area (Å²) in [5, 5.41) is 0. The summed E-state index contributed by atoms with van der Waals surface area (Å²) in [6.45, 7) is 6.41. The minimum Gasteiger partial charge on any atom is -0.444 e. The first-order chi connectivity index (χ1) is 11.0. The van der Waals surface area contributed by atoms with Crippen LogP contribution in [0.4, 0.5) is 22.4 Å². The van der Waals surface area contributed by atoms with E-state index in [4.69, 9.17) is 4.74 Å². The molecule has 134 valence electrons. The van der Waals surface area contributed by atoms with E-state index >= 15 is 0 Å². The lowest BCUT2D eigenvalue weighted by atomic mass is 9.92.